The maximum Gasteiger partial charge on any atom is 0.0425 e. The van der Waals surface area contributed by atoms with Gasteiger partial charge in [-0.2, -0.15) is 0 Å². The van der Waals surface area contributed by atoms with Crippen molar-refractivity contribution in [3.8, 4) is 0 Å². The molecular weight excluding hydrogens is 114 g/mol. The second-order valence-corrected chi connectivity index (χ2v) is 2.02. The van der Waals surface area contributed by atoms with Crippen LogP contribution < -0.4 is 11.1 Å². The zero-order chi connectivity index (χ0) is 7.28. The van der Waals surface area contributed by atoms with Crippen molar-refractivity contribution in [2.24, 2.45) is 5.73 Å². The molecule has 54 valence electrons. The van der Waals surface area contributed by atoms with E-state index >= 15 is 0 Å². The van der Waals surface area contributed by atoms with Crippen LogP contribution in [0.5, 0.6) is 0 Å². The number of nitrogens with two attached hydrogens (primary N) is 1. The molecule has 3 heteroatoms. The Morgan fingerprint density at radius 2 is 2.22 bits per heavy atom. The van der Waals surface area contributed by atoms with Crippen molar-refractivity contribution < 1.29 is 0 Å². The first kappa shape index (κ1) is 8.30. The smallest absolute Gasteiger partial charge is 0.0425 e. The zero-order valence-electron chi connectivity index (χ0n) is 6.31. The molecule has 3 nitrogen and oxygen atoms in total. The molecule has 0 aliphatic carbocycles. The molecule has 0 bridgehead atoms. The van der Waals surface area contributed by atoms with Gasteiger partial charge in [-0.15, -0.1) is 0 Å². The van der Waals surface area contributed by atoms with E-state index < -0.39 is 0 Å². The summed E-state index contributed by atoms with van der Waals surface area (Å²) in [6, 6.07) is 0. The Kier molecular flexibility index (Phi) is 3.88. The van der Waals surface area contributed by atoms with Crippen LogP contribution in [0.1, 0.15) is 0 Å². The van der Waals surface area contributed by atoms with E-state index in [1.54, 1.807) is 0 Å². The van der Waals surface area contributed by atoms with Gasteiger partial charge in [-0.05, 0) is 0 Å². The van der Waals surface area contributed by atoms with Crippen LogP contribution in [0.3, 0.4) is 0 Å². The Labute approximate surface area is 56.5 Å². The van der Waals surface area contributed by atoms with E-state index in [2.05, 4.69) is 5.32 Å². The van der Waals surface area contributed by atoms with Gasteiger partial charge in [0, 0.05) is 39.6 Å². The predicted molar refractivity (Wildman–Crippen MR) is 39.9 cm³/mol. The number of nitrogens with one attached hydrogen (secondary N) is 1. The summed E-state index contributed by atoms with van der Waals surface area (Å²) in [5.41, 5.74) is 6.50. The molecule has 0 aliphatic heterocycles. The molecule has 0 atom stereocenters. The first-order valence-electron chi connectivity index (χ1n) is 2.96. The maximum absolute atomic E-state index is 5.41. The third-order valence-corrected chi connectivity index (χ3v) is 1.09. The molecule has 0 heterocycles. The minimum atomic E-state index is 0.577. The third kappa shape index (κ3) is 2.98. The first-order valence-corrected chi connectivity index (χ1v) is 2.96. The topological polar surface area (TPSA) is 41.3 Å². The van der Waals surface area contributed by atoms with Gasteiger partial charge < -0.3 is 16.0 Å². The quantitative estimate of drug-likeness (QED) is 0.543. The Morgan fingerprint density at radius 3 is 2.33 bits per heavy atom. The van der Waals surface area contributed by atoms with E-state index in [1.807, 2.05) is 32.2 Å². The summed E-state index contributed by atoms with van der Waals surface area (Å²) in [5, 5.41) is 2.92. The molecule has 0 aromatic rings. The molecule has 0 fully saturated rings. The van der Waals surface area contributed by atoms with Crippen molar-refractivity contribution in [3.63, 3.8) is 0 Å². The Hall–Kier alpha value is -0.700. The highest BCUT2D eigenvalue weighted by Crippen LogP contribution is 1.90. The summed E-state index contributed by atoms with van der Waals surface area (Å²) >= 11 is 0. The maximum atomic E-state index is 5.41. The summed E-state index contributed by atoms with van der Waals surface area (Å²) < 4.78 is 0. The van der Waals surface area contributed by atoms with Gasteiger partial charge in [-0.25, -0.2) is 0 Å². The molecule has 0 spiro atoms. The molecule has 0 aliphatic rings. The van der Waals surface area contributed by atoms with E-state index in [0.717, 1.165) is 5.70 Å². The van der Waals surface area contributed by atoms with Crippen LogP contribution >= 0.6 is 0 Å². The molecule has 0 aromatic heterocycles. The standard InChI is InChI=1S/C6H15N3/c1-8-5-6(4-7)9(2)3/h5,8H,4,7H2,1-3H3/b6-5-. The lowest BCUT2D eigenvalue weighted by Crippen LogP contribution is -2.20. The average molecular weight is 129 g/mol. The van der Waals surface area contributed by atoms with Gasteiger partial charge in [-0.3, -0.25) is 0 Å². The fourth-order valence-corrected chi connectivity index (χ4v) is 0.537. The van der Waals surface area contributed by atoms with Crippen LogP contribution in [0, 0.1) is 0 Å². The number of hydrogen-bond donors (Lipinski definition) is 2. The second-order valence-electron chi connectivity index (χ2n) is 2.02. The van der Waals surface area contributed by atoms with Crippen molar-refractivity contribution in [1.82, 2.24) is 10.2 Å². The summed E-state index contributed by atoms with van der Waals surface area (Å²) in [7, 11) is 5.80. The van der Waals surface area contributed by atoms with Crippen molar-refractivity contribution >= 4 is 0 Å². The van der Waals surface area contributed by atoms with E-state index in [4.69, 9.17) is 5.73 Å². The average Bonchev–Trinajstić information content (AvgIpc) is 1.82. The fourth-order valence-electron chi connectivity index (χ4n) is 0.537. The molecule has 0 radical (unpaired) electrons. The molecule has 0 rings (SSSR count). The van der Waals surface area contributed by atoms with Crippen molar-refractivity contribution in [2.75, 3.05) is 27.7 Å². The molecular formula is C6H15N3. The minimum absolute atomic E-state index is 0.577. The molecule has 0 unspecified atom stereocenters. The largest absolute Gasteiger partial charge is 0.393 e. The van der Waals surface area contributed by atoms with E-state index in [-0.39, 0.29) is 0 Å². The van der Waals surface area contributed by atoms with Crippen LogP contribution in [0.2, 0.25) is 0 Å². The minimum Gasteiger partial charge on any atom is -0.393 e. The molecule has 0 amide bonds. The van der Waals surface area contributed by atoms with E-state index in [1.165, 1.54) is 0 Å². The second kappa shape index (κ2) is 4.21. The van der Waals surface area contributed by atoms with Gasteiger partial charge in [-0.1, -0.05) is 0 Å². The van der Waals surface area contributed by atoms with Gasteiger partial charge in [0.15, 0.2) is 0 Å². The van der Waals surface area contributed by atoms with Crippen LogP contribution in [0.15, 0.2) is 11.9 Å². The lowest BCUT2D eigenvalue weighted by Gasteiger charge is -2.14. The number of hydrogen-bond acceptors (Lipinski definition) is 3. The van der Waals surface area contributed by atoms with Gasteiger partial charge in [0.05, 0.1) is 0 Å². The highest BCUT2D eigenvalue weighted by Gasteiger charge is 1.92. The van der Waals surface area contributed by atoms with Crippen molar-refractivity contribution in [1.29, 1.82) is 0 Å². The summed E-state index contributed by atoms with van der Waals surface area (Å²) in [6.07, 6.45) is 1.89. The monoisotopic (exact) mass is 129 g/mol. The highest BCUT2D eigenvalue weighted by atomic mass is 15.1. The molecule has 3 N–H and O–H groups in total. The summed E-state index contributed by atoms with van der Waals surface area (Å²) in [4.78, 5) is 1.98. The molecule has 0 aromatic carbocycles. The summed E-state index contributed by atoms with van der Waals surface area (Å²) in [5.74, 6) is 0. The number of likely N-dealkylation sites (N-methyl/N-ethyl adjacent to an activating group) is 1. The summed E-state index contributed by atoms with van der Waals surface area (Å²) in [6.45, 7) is 0.577. The van der Waals surface area contributed by atoms with Gasteiger partial charge in [0.25, 0.3) is 0 Å². The van der Waals surface area contributed by atoms with Crippen molar-refractivity contribution in [2.45, 2.75) is 0 Å². The van der Waals surface area contributed by atoms with Crippen LogP contribution in [-0.2, 0) is 0 Å². The van der Waals surface area contributed by atoms with Crippen LogP contribution in [0.4, 0.5) is 0 Å². The van der Waals surface area contributed by atoms with Crippen molar-refractivity contribution in [3.05, 3.63) is 11.9 Å². The van der Waals surface area contributed by atoms with Gasteiger partial charge in [0.2, 0.25) is 0 Å². The highest BCUT2D eigenvalue weighted by molar-refractivity contribution is 4.98. The molecule has 0 saturated carbocycles. The lowest BCUT2D eigenvalue weighted by atomic mass is 10.4. The third-order valence-electron chi connectivity index (χ3n) is 1.09. The van der Waals surface area contributed by atoms with Crippen LogP contribution in [0.25, 0.3) is 0 Å². The Balaban J connectivity index is 3.81. The van der Waals surface area contributed by atoms with E-state index in [0.29, 0.717) is 6.54 Å². The Bertz CT molecular complexity index is 96.5. The van der Waals surface area contributed by atoms with E-state index in [9.17, 15) is 0 Å². The van der Waals surface area contributed by atoms with Gasteiger partial charge >= 0.3 is 0 Å². The molecule has 0 saturated heterocycles. The zero-order valence-corrected chi connectivity index (χ0v) is 6.31. The predicted octanol–water partition coefficient (Wildman–Crippen LogP) is -0.432. The first-order chi connectivity index (χ1) is 4.22. The molecule has 9 heavy (non-hydrogen) atoms. The number of rotatable bonds is 3. The van der Waals surface area contributed by atoms with Crippen LogP contribution in [-0.4, -0.2) is 32.6 Å². The lowest BCUT2D eigenvalue weighted by molar-refractivity contribution is 0.498. The fraction of sp³-hybridized carbons (Fsp3) is 0.667. The Morgan fingerprint density at radius 1 is 1.67 bits per heavy atom. The SMILES string of the molecule is CN/C=C(/CN)N(C)C. The normalized spacial score (nSPS) is 11.3. The van der Waals surface area contributed by atoms with Gasteiger partial charge in [0.1, 0.15) is 0 Å². The number of nitrogens with zero attached hydrogens (tertiary/aromatic N) is 1.